The third-order valence-corrected chi connectivity index (χ3v) is 6.81. The van der Waals surface area contributed by atoms with E-state index in [4.69, 9.17) is 4.98 Å². The van der Waals surface area contributed by atoms with Gasteiger partial charge in [-0.05, 0) is 49.3 Å². The summed E-state index contributed by atoms with van der Waals surface area (Å²) in [5.74, 6) is -1.47. The van der Waals surface area contributed by atoms with Gasteiger partial charge in [0.15, 0.2) is 23.1 Å². The van der Waals surface area contributed by atoms with E-state index in [2.05, 4.69) is 27.2 Å². The molecule has 9 heteroatoms. The third kappa shape index (κ3) is 3.03. The molecule has 0 saturated heterocycles. The summed E-state index contributed by atoms with van der Waals surface area (Å²) >= 11 is 0. The van der Waals surface area contributed by atoms with E-state index in [0.717, 1.165) is 55.6 Å². The molecule has 3 aromatic heterocycles. The zero-order chi connectivity index (χ0) is 23.4. The highest BCUT2D eigenvalue weighted by Gasteiger charge is 2.58. The van der Waals surface area contributed by atoms with Crippen LogP contribution in [-0.2, 0) is 16.6 Å². The number of rotatable bonds is 6. The van der Waals surface area contributed by atoms with E-state index in [0.29, 0.717) is 28.5 Å². The Labute approximate surface area is 194 Å². The molecule has 4 aromatic rings. The van der Waals surface area contributed by atoms with E-state index >= 15 is 0 Å². The van der Waals surface area contributed by atoms with Gasteiger partial charge in [-0.15, -0.1) is 0 Å². The molecule has 1 unspecified atom stereocenters. The molecular formula is C25H22F2N6O. The van der Waals surface area contributed by atoms with Gasteiger partial charge in [0.1, 0.15) is 16.9 Å². The van der Waals surface area contributed by atoms with Crippen molar-refractivity contribution in [1.82, 2.24) is 24.3 Å². The van der Waals surface area contributed by atoms with Crippen LogP contribution in [0.2, 0.25) is 0 Å². The standard InChI is InChI=1S/C25H22F2N6O/c1-2-3-4-19-23-28-9-10-33(23)13-20(30-19)22-29-12-16-21(31-22)32-24(34)25(16,14-5-6-14)15-7-8-17(26)18(27)11-15/h7-14H,2-6H2,1H3,(H,29,31,32,34). The number of carbonyl (C=O) groups excluding carboxylic acids is 1. The van der Waals surface area contributed by atoms with Gasteiger partial charge in [0.2, 0.25) is 5.91 Å². The van der Waals surface area contributed by atoms with E-state index in [1.54, 1.807) is 12.4 Å². The van der Waals surface area contributed by atoms with Gasteiger partial charge in [-0.3, -0.25) is 4.79 Å². The maximum atomic E-state index is 14.1. The second-order valence-corrected chi connectivity index (χ2v) is 8.96. The average molecular weight is 460 g/mol. The smallest absolute Gasteiger partial charge is 0.241 e. The number of fused-ring (bicyclic) bond motifs is 2. The highest BCUT2D eigenvalue weighted by Crippen LogP contribution is 2.56. The average Bonchev–Trinajstić information content (AvgIpc) is 3.49. The number of benzene rings is 1. The molecule has 6 rings (SSSR count). The summed E-state index contributed by atoms with van der Waals surface area (Å²) in [6.07, 6.45) is 11.5. The fourth-order valence-electron chi connectivity index (χ4n) is 5.02. The minimum Gasteiger partial charge on any atom is -0.309 e. The van der Waals surface area contributed by atoms with E-state index in [-0.39, 0.29) is 11.8 Å². The molecule has 1 fully saturated rings. The molecule has 0 bridgehead atoms. The van der Waals surface area contributed by atoms with Gasteiger partial charge in [0, 0.05) is 30.4 Å². The van der Waals surface area contributed by atoms with Gasteiger partial charge >= 0.3 is 0 Å². The van der Waals surface area contributed by atoms with Crippen LogP contribution in [0.4, 0.5) is 14.6 Å². The second kappa shape index (κ2) is 7.65. The van der Waals surface area contributed by atoms with Gasteiger partial charge in [0.05, 0.1) is 5.69 Å². The Balaban J connectivity index is 1.47. The molecule has 0 spiro atoms. The second-order valence-electron chi connectivity index (χ2n) is 8.96. The monoisotopic (exact) mass is 460 g/mol. The molecule has 1 aliphatic heterocycles. The summed E-state index contributed by atoms with van der Waals surface area (Å²) in [7, 11) is 0. The van der Waals surface area contributed by atoms with Crippen LogP contribution in [0.1, 0.15) is 49.4 Å². The fraction of sp³-hybridized carbons (Fsp3) is 0.320. The van der Waals surface area contributed by atoms with Crippen molar-refractivity contribution in [2.24, 2.45) is 5.92 Å². The number of hydrogen-bond acceptors (Lipinski definition) is 5. The van der Waals surface area contributed by atoms with Crippen molar-refractivity contribution in [2.45, 2.75) is 44.4 Å². The van der Waals surface area contributed by atoms with E-state index in [1.807, 2.05) is 16.8 Å². The number of aromatic nitrogens is 5. The Morgan fingerprint density at radius 1 is 1.18 bits per heavy atom. The molecule has 0 radical (unpaired) electrons. The quantitative estimate of drug-likeness (QED) is 0.459. The number of hydrogen-bond donors (Lipinski definition) is 1. The Kier molecular flexibility index (Phi) is 4.68. The summed E-state index contributed by atoms with van der Waals surface area (Å²) in [6.45, 7) is 2.12. The highest BCUT2D eigenvalue weighted by molar-refractivity contribution is 6.08. The van der Waals surface area contributed by atoms with Gasteiger partial charge in [-0.25, -0.2) is 28.7 Å². The van der Waals surface area contributed by atoms with Crippen molar-refractivity contribution in [3.8, 4) is 11.5 Å². The maximum absolute atomic E-state index is 14.1. The zero-order valence-electron chi connectivity index (χ0n) is 18.6. The minimum absolute atomic E-state index is 0.0193. The van der Waals surface area contributed by atoms with Crippen LogP contribution in [0.3, 0.4) is 0 Å². The van der Waals surface area contributed by atoms with Crippen LogP contribution in [-0.4, -0.2) is 30.2 Å². The summed E-state index contributed by atoms with van der Waals surface area (Å²) < 4.78 is 29.7. The first-order valence-corrected chi connectivity index (χ1v) is 11.5. The third-order valence-electron chi connectivity index (χ3n) is 6.81. The van der Waals surface area contributed by atoms with Gasteiger partial charge < -0.3 is 9.72 Å². The normalized spacial score (nSPS) is 19.4. The molecule has 1 saturated carbocycles. The molecule has 4 heterocycles. The van der Waals surface area contributed by atoms with Crippen molar-refractivity contribution in [3.05, 3.63) is 71.4 Å². The van der Waals surface area contributed by atoms with Crippen molar-refractivity contribution in [2.75, 3.05) is 5.32 Å². The van der Waals surface area contributed by atoms with Crippen LogP contribution in [0.25, 0.3) is 17.2 Å². The summed E-state index contributed by atoms with van der Waals surface area (Å²) in [6, 6.07) is 3.66. The summed E-state index contributed by atoms with van der Waals surface area (Å²) in [4.78, 5) is 31.8. The molecule has 1 amide bonds. The van der Waals surface area contributed by atoms with Gasteiger partial charge in [-0.2, -0.15) is 0 Å². The molecule has 2 aliphatic rings. The number of halogens is 2. The predicted octanol–water partition coefficient (Wildman–Crippen LogP) is 4.46. The minimum atomic E-state index is -1.13. The van der Waals surface area contributed by atoms with Gasteiger partial charge in [-0.1, -0.05) is 19.4 Å². The number of carbonyl (C=O) groups is 1. The molecular weight excluding hydrogens is 438 g/mol. The first kappa shape index (κ1) is 20.8. The lowest BCUT2D eigenvalue weighted by Crippen LogP contribution is -2.38. The molecule has 34 heavy (non-hydrogen) atoms. The molecule has 1 atom stereocenters. The van der Waals surface area contributed by atoms with Crippen molar-refractivity contribution in [3.63, 3.8) is 0 Å². The summed E-state index contributed by atoms with van der Waals surface area (Å²) in [5.41, 5.74) is 2.12. The number of amides is 1. The molecule has 172 valence electrons. The Morgan fingerprint density at radius 2 is 2.03 bits per heavy atom. The summed E-state index contributed by atoms with van der Waals surface area (Å²) in [5, 5.41) is 2.88. The Hall–Kier alpha value is -3.75. The Morgan fingerprint density at radius 3 is 2.79 bits per heavy atom. The van der Waals surface area contributed by atoms with Crippen molar-refractivity contribution < 1.29 is 13.6 Å². The number of nitrogens with one attached hydrogen (secondary N) is 1. The number of imidazole rings is 1. The Bertz CT molecular complexity index is 1450. The molecule has 1 aromatic carbocycles. The van der Waals surface area contributed by atoms with E-state index < -0.39 is 17.0 Å². The van der Waals surface area contributed by atoms with Crippen LogP contribution >= 0.6 is 0 Å². The van der Waals surface area contributed by atoms with Crippen LogP contribution < -0.4 is 5.32 Å². The van der Waals surface area contributed by atoms with Crippen molar-refractivity contribution in [1.29, 1.82) is 0 Å². The SMILES string of the molecule is CCCCc1nc(-c2ncc3c(n2)NC(=O)C3(c2ccc(F)c(F)c2)C2CC2)cn2ccnc12. The topological polar surface area (TPSA) is 85.1 Å². The number of nitrogens with zero attached hydrogens (tertiary/aromatic N) is 5. The molecule has 7 nitrogen and oxygen atoms in total. The fourth-order valence-corrected chi connectivity index (χ4v) is 5.02. The zero-order valence-corrected chi connectivity index (χ0v) is 18.6. The molecule has 1 aliphatic carbocycles. The predicted molar refractivity (Wildman–Crippen MR) is 121 cm³/mol. The van der Waals surface area contributed by atoms with Gasteiger partial charge in [0.25, 0.3) is 0 Å². The first-order valence-electron chi connectivity index (χ1n) is 11.5. The maximum Gasteiger partial charge on any atom is 0.241 e. The lowest BCUT2D eigenvalue weighted by atomic mass is 9.72. The van der Waals surface area contributed by atoms with Crippen LogP contribution in [0, 0.1) is 17.6 Å². The van der Waals surface area contributed by atoms with E-state index in [1.165, 1.54) is 6.07 Å². The first-order chi connectivity index (χ1) is 16.5. The molecule has 1 N–H and O–H groups in total. The van der Waals surface area contributed by atoms with Crippen LogP contribution in [0.5, 0.6) is 0 Å². The number of aryl methyl sites for hydroxylation is 1. The van der Waals surface area contributed by atoms with Crippen molar-refractivity contribution >= 4 is 17.4 Å². The lowest BCUT2D eigenvalue weighted by Gasteiger charge is -2.27. The highest BCUT2D eigenvalue weighted by atomic mass is 19.2. The lowest BCUT2D eigenvalue weighted by molar-refractivity contribution is -0.120. The number of anilines is 1. The largest absolute Gasteiger partial charge is 0.309 e. The van der Waals surface area contributed by atoms with E-state index in [9.17, 15) is 13.6 Å². The number of unbranched alkanes of at least 4 members (excludes halogenated alkanes) is 1. The van der Waals surface area contributed by atoms with Crippen LogP contribution in [0.15, 0.2) is 43.0 Å².